The summed E-state index contributed by atoms with van der Waals surface area (Å²) in [6, 6.07) is 10.4. The molecule has 0 aliphatic heterocycles. The molecule has 0 radical (unpaired) electrons. The van der Waals surface area contributed by atoms with E-state index in [0.717, 1.165) is 12.0 Å². The van der Waals surface area contributed by atoms with Crippen LogP contribution in [0, 0.1) is 11.7 Å². The molecule has 1 fully saturated rings. The van der Waals surface area contributed by atoms with Crippen molar-refractivity contribution in [2.45, 2.75) is 18.9 Å². The Morgan fingerprint density at radius 2 is 2.00 bits per heavy atom. The Labute approximate surface area is 116 Å². The van der Waals surface area contributed by atoms with Gasteiger partial charge in [0.25, 0.3) is 0 Å². The van der Waals surface area contributed by atoms with Crippen LogP contribution in [0.1, 0.15) is 23.5 Å². The SMILES string of the molecule is O=C(NCc1ccncc1)[C@H]1C[C@H]1c1ccccc1F. The number of hydrogen-bond donors (Lipinski definition) is 1. The molecule has 0 unspecified atom stereocenters. The van der Waals surface area contributed by atoms with E-state index in [1.54, 1.807) is 24.5 Å². The second-order valence-corrected chi connectivity index (χ2v) is 5.04. The largest absolute Gasteiger partial charge is 0.352 e. The molecule has 1 aliphatic carbocycles. The molecule has 3 nitrogen and oxygen atoms in total. The molecule has 1 aromatic carbocycles. The molecule has 2 aromatic rings. The predicted molar refractivity (Wildman–Crippen MR) is 73.3 cm³/mol. The quantitative estimate of drug-likeness (QED) is 0.928. The summed E-state index contributed by atoms with van der Waals surface area (Å²) in [6.45, 7) is 0.488. The first kappa shape index (κ1) is 12.8. The predicted octanol–water partition coefficient (Wildman–Crippen LogP) is 2.64. The van der Waals surface area contributed by atoms with Crippen LogP contribution in [-0.4, -0.2) is 10.9 Å². The molecule has 1 aliphatic rings. The fourth-order valence-electron chi connectivity index (χ4n) is 2.43. The highest BCUT2D eigenvalue weighted by molar-refractivity contribution is 5.82. The molecular weight excluding hydrogens is 255 g/mol. The Hall–Kier alpha value is -2.23. The van der Waals surface area contributed by atoms with Gasteiger partial charge in [0.15, 0.2) is 0 Å². The molecule has 1 amide bonds. The molecule has 1 saturated carbocycles. The Balaban J connectivity index is 1.57. The van der Waals surface area contributed by atoms with Gasteiger partial charge in [0.2, 0.25) is 5.91 Å². The summed E-state index contributed by atoms with van der Waals surface area (Å²) in [5.41, 5.74) is 1.66. The van der Waals surface area contributed by atoms with Crippen LogP contribution in [0.3, 0.4) is 0 Å². The van der Waals surface area contributed by atoms with Gasteiger partial charge >= 0.3 is 0 Å². The third-order valence-corrected chi connectivity index (χ3v) is 3.65. The van der Waals surface area contributed by atoms with Crippen molar-refractivity contribution < 1.29 is 9.18 Å². The zero-order chi connectivity index (χ0) is 13.9. The average Bonchev–Trinajstić information content (AvgIpc) is 3.27. The van der Waals surface area contributed by atoms with Gasteiger partial charge in [-0.05, 0) is 41.7 Å². The lowest BCUT2D eigenvalue weighted by Crippen LogP contribution is -2.24. The number of amides is 1. The van der Waals surface area contributed by atoms with E-state index in [1.165, 1.54) is 6.07 Å². The van der Waals surface area contributed by atoms with E-state index < -0.39 is 0 Å². The number of carbonyl (C=O) groups excluding carboxylic acids is 1. The van der Waals surface area contributed by atoms with Gasteiger partial charge < -0.3 is 5.32 Å². The number of nitrogens with one attached hydrogen (secondary N) is 1. The van der Waals surface area contributed by atoms with Gasteiger partial charge in [0, 0.05) is 24.9 Å². The number of pyridine rings is 1. The second kappa shape index (κ2) is 5.41. The molecule has 1 heterocycles. The van der Waals surface area contributed by atoms with Gasteiger partial charge in [0.05, 0.1) is 0 Å². The standard InChI is InChI=1S/C16H15FN2O/c17-15-4-2-1-3-12(15)13-9-14(13)16(20)19-10-11-5-7-18-8-6-11/h1-8,13-14H,9-10H2,(H,19,20)/t13-,14-/m0/s1. The summed E-state index contributed by atoms with van der Waals surface area (Å²) in [5, 5.41) is 2.89. The molecule has 4 heteroatoms. The Morgan fingerprint density at radius 3 is 2.75 bits per heavy atom. The molecule has 102 valence electrons. The fourth-order valence-corrected chi connectivity index (χ4v) is 2.43. The molecule has 1 N–H and O–H groups in total. The van der Waals surface area contributed by atoms with Gasteiger partial charge in [0.1, 0.15) is 5.82 Å². The summed E-state index contributed by atoms with van der Waals surface area (Å²) < 4.78 is 13.6. The number of benzene rings is 1. The maximum Gasteiger partial charge on any atom is 0.224 e. The van der Waals surface area contributed by atoms with E-state index in [2.05, 4.69) is 10.3 Å². The zero-order valence-corrected chi connectivity index (χ0v) is 10.9. The number of aromatic nitrogens is 1. The maximum atomic E-state index is 13.6. The molecule has 0 bridgehead atoms. The van der Waals surface area contributed by atoms with E-state index in [1.807, 2.05) is 18.2 Å². The van der Waals surface area contributed by atoms with E-state index in [-0.39, 0.29) is 23.6 Å². The van der Waals surface area contributed by atoms with E-state index in [9.17, 15) is 9.18 Å². The van der Waals surface area contributed by atoms with Crippen LogP contribution in [0.4, 0.5) is 4.39 Å². The summed E-state index contributed by atoms with van der Waals surface area (Å²) >= 11 is 0. The topological polar surface area (TPSA) is 42.0 Å². The van der Waals surface area contributed by atoms with Crippen LogP contribution < -0.4 is 5.32 Å². The molecule has 1 aromatic heterocycles. The number of halogens is 1. The maximum absolute atomic E-state index is 13.6. The molecule has 3 rings (SSSR count). The van der Waals surface area contributed by atoms with Crippen molar-refractivity contribution >= 4 is 5.91 Å². The number of carbonyl (C=O) groups is 1. The van der Waals surface area contributed by atoms with Gasteiger partial charge in [-0.25, -0.2) is 4.39 Å². The van der Waals surface area contributed by atoms with E-state index in [4.69, 9.17) is 0 Å². The normalized spacial score (nSPS) is 20.4. The third-order valence-electron chi connectivity index (χ3n) is 3.65. The minimum atomic E-state index is -0.220. The molecule has 0 saturated heterocycles. The van der Waals surface area contributed by atoms with Crippen molar-refractivity contribution in [2.75, 3.05) is 0 Å². The first-order valence-electron chi connectivity index (χ1n) is 6.67. The smallest absolute Gasteiger partial charge is 0.224 e. The highest BCUT2D eigenvalue weighted by Crippen LogP contribution is 2.48. The van der Waals surface area contributed by atoms with Gasteiger partial charge in [-0.15, -0.1) is 0 Å². The number of nitrogens with zero attached hydrogens (tertiary/aromatic N) is 1. The minimum Gasteiger partial charge on any atom is -0.352 e. The third kappa shape index (κ3) is 2.69. The average molecular weight is 270 g/mol. The summed E-state index contributed by atoms with van der Waals surface area (Å²) in [6.07, 6.45) is 4.12. The monoisotopic (exact) mass is 270 g/mol. The van der Waals surface area contributed by atoms with Crippen LogP contribution in [0.2, 0.25) is 0 Å². The van der Waals surface area contributed by atoms with Crippen molar-refractivity contribution in [1.82, 2.24) is 10.3 Å². The zero-order valence-electron chi connectivity index (χ0n) is 10.9. The lowest BCUT2D eigenvalue weighted by atomic mass is 10.1. The van der Waals surface area contributed by atoms with Crippen molar-refractivity contribution in [3.05, 3.63) is 65.7 Å². The Kier molecular flexibility index (Phi) is 3.46. The summed E-state index contributed by atoms with van der Waals surface area (Å²) in [4.78, 5) is 16.0. The summed E-state index contributed by atoms with van der Waals surface area (Å²) in [7, 11) is 0. The summed E-state index contributed by atoms with van der Waals surface area (Å²) in [5.74, 6) is -0.306. The molecular formula is C16H15FN2O. The lowest BCUT2D eigenvalue weighted by Gasteiger charge is -2.05. The highest BCUT2D eigenvalue weighted by Gasteiger charge is 2.44. The molecule has 0 spiro atoms. The first-order chi connectivity index (χ1) is 9.75. The Bertz CT molecular complexity index is 615. The van der Waals surface area contributed by atoms with Crippen LogP contribution in [0.5, 0.6) is 0 Å². The molecule has 2 atom stereocenters. The fraction of sp³-hybridized carbons (Fsp3) is 0.250. The van der Waals surface area contributed by atoms with Crippen molar-refractivity contribution in [2.24, 2.45) is 5.92 Å². The number of rotatable bonds is 4. The van der Waals surface area contributed by atoms with Gasteiger partial charge in [-0.2, -0.15) is 0 Å². The molecule has 20 heavy (non-hydrogen) atoms. The van der Waals surface area contributed by atoms with Crippen molar-refractivity contribution in [1.29, 1.82) is 0 Å². The van der Waals surface area contributed by atoms with Crippen molar-refractivity contribution in [3.63, 3.8) is 0 Å². The van der Waals surface area contributed by atoms with Gasteiger partial charge in [-0.3, -0.25) is 9.78 Å². The lowest BCUT2D eigenvalue weighted by molar-refractivity contribution is -0.122. The van der Waals surface area contributed by atoms with E-state index in [0.29, 0.717) is 12.1 Å². The highest BCUT2D eigenvalue weighted by atomic mass is 19.1. The van der Waals surface area contributed by atoms with Crippen LogP contribution >= 0.6 is 0 Å². The Morgan fingerprint density at radius 1 is 1.25 bits per heavy atom. The number of hydrogen-bond acceptors (Lipinski definition) is 2. The second-order valence-electron chi connectivity index (χ2n) is 5.04. The van der Waals surface area contributed by atoms with Crippen LogP contribution in [0.25, 0.3) is 0 Å². The van der Waals surface area contributed by atoms with E-state index >= 15 is 0 Å². The van der Waals surface area contributed by atoms with Crippen LogP contribution in [-0.2, 0) is 11.3 Å². The minimum absolute atomic E-state index is 0.00457. The first-order valence-corrected chi connectivity index (χ1v) is 6.67. The van der Waals surface area contributed by atoms with Crippen molar-refractivity contribution in [3.8, 4) is 0 Å². The van der Waals surface area contributed by atoms with Gasteiger partial charge in [-0.1, -0.05) is 18.2 Å². The van der Waals surface area contributed by atoms with Crippen LogP contribution in [0.15, 0.2) is 48.8 Å².